The van der Waals surface area contributed by atoms with Crippen molar-refractivity contribution in [3.8, 4) is 33.4 Å². The molecular weight excluding hydrogens is 3100 g/mol. The van der Waals surface area contributed by atoms with Gasteiger partial charge in [0.1, 0.15) is 0 Å². The molecule has 44 atom stereocenters. The number of rotatable bonds is 42. The van der Waals surface area contributed by atoms with Crippen molar-refractivity contribution in [3.05, 3.63) is 174 Å². The summed E-state index contributed by atoms with van der Waals surface area (Å²) in [5.74, 6) is 0. The van der Waals surface area contributed by atoms with Gasteiger partial charge in [0.25, 0.3) is 0 Å². The molecule has 0 radical (unpaired) electrons. The number of anilines is 3. The predicted octanol–water partition coefficient (Wildman–Crippen LogP) is 60.7. The van der Waals surface area contributed by atoms with Crippen LogP contribution in [-0.2, 0) is 10.8 Å². The molecule has 130 heavy (non-hydrogen) atoms. The highest BCUT2D eigenvalue weighted by molar-refractivity contribution is 9.58. The number of hydrogen-bond donors (Lipinski definition) is 0. The van der Waals surface area contributed by atoms with Crippen LogP contribution in [0.4, 0.5) is 17.1 Å². The third-order valence-electron chi connectivity index (χ3n) is 18.5. The first-order valence-corrected chi connectivity index (χ1v) is 182. The number of nitrogens with zero attached hydrogens (tertiary/aromatic N) is 1. The van der Waals surface area contributed by atoms with Gasteiger partial charge in [-0.1, -0.05) is 131 Å². The van der Waals surface area contributed by atoms with Gasteiger partial charge in [0, 0.05) is 47.9 Å². The summed E-state index contributed by atoms with van der Waals surface area (Å²) in [5, 5.41) is 2.64. The predicted molar refractivity (Wildman–Crippen MR) is 883 cm³/mol. The minimum Gasteiger partial charge on any atom is -0.310 e. The van der Waals surface area contributed by atoms with E-state index in [4.69, 9.17) is 0 Å². The first-order valence-electron chi connectivity index (χ1n) is 35.8. The maximum absolute atomic E-state index is 3.83. The second-order valence-electron chi connectivity index (χ2n) is 27.7. The van der Waals surface area contributed by atoms with Crippen molar-refractivity contribution in [2.24, 2.45) is 0 Å². The number of para-hydroxylation sites is 1. The van der Waals surface area contributed by atoms with Crippen molar-refractivity contribution in [2.45, 2.75) is 38.5 Å². The summed E-state index contributed by atoms with van der Waals surface area (Å²) in [4.78, 5) is 2.49. The van der Waals surface area contributed by atoms with Crippen molar-refractivity contribution >= 4 is 687 Å². The van der Waals surface area contributed by atoms with E-state index in [9.17, 15) is 0 Å². The second-order valence-corrected chi connectivity index (χ2v) is 360. The Morgan fingerprint density at radius 3 is 0.731 bits per heavy atom. The minimum atomic E-state index is -0.468. The molecular formula is C48H119NP80S. The zero-order valence-corrected chi connectivity index (χ0v) is 153. The Balaban J connectivity index is 0.000000320. The summed E-state index contributed by atoms with van der Waals surface area (Å²) in [7, 11) is 151. The van der Waals surface area contributed by atoms with Gasteiger partial charge >= 0.3 is 0 Å². The van der Waals surface area contributed by atoms with Crippen LogP contribution < -0.4 is 4.90 Å². The molecule has 0 amide bonds. The molecule has 0 saturated carbocycles. The van der Waals surface area contributed by atoms with Gasteiger partial charge in [-0.3, -0.25) is 0 Å². The van der Waals surface area contributed by atoms with Crippen LogP contribution in [0.5, 0.6) is 0 Å². The average molecular weight is 3220 g/mol. The van der Waals surface area contributed by atoms with E-state index in [0.29, 0.717) is 0 Å². The fourth-order valence-corrected chi connectivity index (χ4v) is 1180. The van der Waals surface area contributed by atoms with Crippen molar-refractivity contribution in [3.63, 3.8) is 0 Å². The van der Waals surface area contributed by atoms with E-state index >= 15 is 0 Å². The highest BCUT2D eigenvalue weighted by Gasteiger charge is 2.65. The third kappa shape index (κ3) is 37.3. The molecule has 1 nitrogen and oxygen atoms in total. The van der Waals surface area contributed by atoms with Gasteiger partial charge in [0.05, 0.1) is 5.69 Å². The number of benzene rings is 7. The smallest absolute Gasteiger partial charge is 0.0540 e. The molecule has 722 valence electrons. The Kier molecular flexibility index (Phi) is 75.2. The van der Waals surface area contributed by atoms with Crippen LogP contribution in [0, 0.1) is 0 Å². The largest absolute Gasteiger partial charge is 0.310 e. The van der Waals surface area contributed by atoms with Gasteiger partial charge in [-0.25, -0.2) is 0 Å². The Hall–Kier alpha value is 29.0. The van der Waals surface area contributed by atoms with Gasteiger partial charge in [-0.15, -0.1) is 377 Å². The maximum atomic E-state index is 3.83. The molecule has 0 aliphatic heterocycles. The third-order valence-corrected chi connectivity index (χ3v) is 585. The molecule has 8 aromatic rings. The number of hydrogen-bond acceptors (Lipinski definition) is 2. The summed E-state index contributed by atoms with van der Waals surface area (Å²) in [5.41, 5.74) is 16.7. The molecule has 1 aromatic heterocycles. The second kappa shape index (κ2) is 68.7. The van der Waals surface area contributed by atoms with E-state index in [1.165, 1.54) is 81.5 Å². The molecule has 2 aliphatic carbocycles. The molecule has 10 rings (SSSR count). The maximum Gasteiger partial charge on any atom is 0.0540 e. The van der Waals surface area contributed by atoms with E-state index in [1.807, 2.05) is 11.3 Å². The van der Waals surface area contributed by atoms with Crippen LogP contribution in [0.25, 0.3) is 53.6 Å². The lowest BCUT2D eigenvalue weighted by atomic mass is 9.82. The fraction of sp³-hybridized carbons (Fsp3) is 0.125. The Labute approximate surface area is 924 Å². The molecule has 82 heteroatoms. The van der Waals surface area contributed by atoms with Crippen LogP contribution in [0.3, 0.4) is 0 Å². The molecule has 2 aliphatic rings. The van der Waals surface area contributed by atoms with Gasteiger partial charge in [-0.05, 0) is 371 Å². The number of thiophene rings is 1. The molecule has 0 saturated heterocycles. The summed E-state index contributed by atoms with van der Waals surface area (Å²) in [6.07, 6.45) is 0. The zero-order chi connectivity index (χ0) is 97.3. The van der Waals surface area contributed by atoms with Crippen molar-refractivity contribution < 1.29 is 0 Å². The van der Waals surface area contributed by atoms with Gasteiger partial charge in [0.15, 0.2) is 0 Å². The minimum absolute atomic E-state index is 0.0468. The van der Waals surface area contributed by atoms with Crippen LogP contribution in [-0.4, -0.2) is 0 Å². The van der Waals surface area contributed by atoms with E-state index in [1.54, 1.807) is 0 Å². The standard InChI is InChI=1S/C48H37NS.H82P80/c1-47(2)40-17-9-5-14-34(40)37-28-31(22-24-42(37)47)49(32-23-25-43-38(29-32)35-15-6-10-18-41(35)48(43,3)4)44-19-11-7-13-33(44)30-21-26-46-39(27-30)36-16-8-12-20-45(36)50-46;1-42(2)62(41)72(61(39)40)77(71(59(35)36)60(37)38)80(78(73(63(43(3)4)44(5)6)64(45(7)8)46(9)10)74(65(47(11)12)48(13)14)66(49(15)16)50(17)18)79(75(67(51(19)20)52(21)22)68(53(23)24)54(25)26)76(69(55(27)28)56(29)30)70(57(31)32)58(33)34/h5-29H,1-4H3;1-41H2. The summed E-state index contributed by atoms with van der Waals surface area (Å²) in [6, 6.07) is 56.9. The Morgan fingerprint density at radius 1 is 0.200 bits per heavy atom. The normalized spacial score (nSPS) is 15.3. The van der Waals surface area contributed by atoms with Crippen molar-refractivity contribution in [2.75, 3.05) is 4.90 Å². The molecule has 44 unspecified atom stereocenters. The van der Waals surface area contributed by atoms with Gasteiger partial charge in [0.2, 0.25) is 0 Å². The van der Waals surface area contributed by atoms with Crippen molar-refractivity contribution in [1.82, 2.24) is 0 Å². The van der Waals surface area contributed by atoms with Crippen LogP contribution >= 0.6 is 650 Å². The lowest BCUT2D eigenvalue weighted by molar-refractivity contribution is 0.660. The lowest BCUT2D eigenvalue weighted by Gasteiger charge is -2.62. The first kappa shape index (κ1) is 142. The summed E-state index contributed by atoms with van der Waals surface area (Å²) >= 11 is 1.87. The molecule has 0 spiro atoms. The lowest BCUT2D eigenvalue weighted by Crippen LogP contribution is -2.16. The Morgan fingerprint density at radius 2 is 0.438 bits per heavy atom. The van der Waals surface area contributed by atoms with E-state index < -0.39 is 27.9 Å². The highest BCUT2D eigenvalue weighted by atomic mass is 33.6. The number of fused-ring (bicyclic) bond motifs is 9. The van der Waals surface area contributed by atoms with Crippen molar-refractivity contribution in [1.29, 1.82) is 0 Å². The van der Waals surface area contributed by atoms with Crippen LogP contribution in [0.2, 0.25) is 0 Å². The molecule has 1 heterocycles. The van der Waals surface area contributed by atoms with Gasteiger partial charge < -0.3 is 4.90 Å². The fourth-order valence-electron chi connectivity index (χ4n) is 13.8. The SMILES string of the molecule is CC1(C)c2ccccc2-c2cc(N(c3ccc4c(c3)-c3ccccc3C4(C)C)c3ccccc3-c3ccc4sc5ccccc5c4c3)ccc21.PP(P)P(P)P(P(P)P)P(P(P(P)P)P(P)P)P(P(P(P(P(P)P)P(P)P)P(P(P)P)P(P)P)P(P(P(P)P)P(P)P)P(P(P)P)P(P)P)P(P(P(P(P)P)P(P)P)P(P(P)P)P(P)P)P(P(P(P)P)P(P)P)P(P(P)P)P(P)P. The molecule has 7 aromatic carbocycles. The van der Waals surface area contributed by atoms with E-state index in [-0.39, 0.29) is 255 Å². The van der Waals surface area contributed by atoms with E-state index in [0.717, 1.165) is 11.4 Å². The van der Waals surface area contributed by atoms with Gasteiger partial charge in [-0.2, -0.15) is 0 Å². The summed E-state index contributed by atoms with van der Waals surface area (Å²) in [6.45, 7) is -4.21. The average Bonchev–Trinajstić information content (AvgIpc) is 1.32. The van der Waals surface area contributed by atoms with E-state index in [2.05, 4.69) is 550 Å². The van der Waals surface area contributed by atoms with Crippen LogP contribution in [0.1, 0.15) is 49.9 Å². The van der Waals surface area contributed by atoms with Crippen LogP contribution in [0.15, 0.2) is 152 Å². The Bertz CT molecular complexity index is 4510. The summed E-state index contributed by atoms with van der Waals surface area (Å²) < 4.78 is 2.65. The molecule has 0 fully saturated rings. The molecule has 0 bridgehead atoms. The molecule has 0 N–H and O–H groups in total. The highest BCUT2D eigenvalue weighted by Crippen LogP contribution is 3.52. The topological polar surface area (TPSA) is 3.24 Å². The zero-order valence-electron chi connectivity index (χ0n) is 69.9. The quantitative estimate of drug-likeness (QED) is 0.0345. The monoisotopic (exact) mass is 3220 g/mol. The first-order chi connectivity index (χ1) is 60.6.